The van der Waals surface area contributed by atoms with Gasteiger partial charge in [0.2, 0.25) is 11.8 Å². The second-order valence-electron chi connectivity index (χ2n) is 8.60. The van der Waals surface area contributed by atoms with Crippen molar-refractivity contribution < 1.29 is 27.5 Å². The third kappa shape index (κ3) is 2.88. The summed E-state index contributed by atoms with van der Waals surface area (Å²) < 4.78 is 39.1. The first-order valence-corrected chi connectivity index (χ1v) is 11.6. The summed E-state index contributed by atoms with van der Waals surface area (Å²) in [7, 11) is -2.33. The van der Waals surface area contributed by atoms with Crippen LogP contribution < -0.4 is 14.4 Å². The van der Waals surface area contributed by atoms with Crippen LogP contribution in [0.4, 0.5) is 11.4 Å². The number of benzene rings is 2. The average Bonchev–Trinajstić information content (AvgIpc) is 3.31. The van der Waals surface area contributed by atoms with E-state index in [1.807, 2.05) is 26.0 Å². The fourth-order valence-electron chi connectivity index (χ4n) is 4.93. The van der Waals surface area contributed by atoms with Gasteiger partial charge in [-0.15, -0.1) is 0 Å². The highest BCUT2D eigenvalue weighted by atomic mass is 32.2. The molecule has 0 saturated carbocycles. The van der Waals surface area contributed by atoms with Crippen molar-refractivity contribution in [3.63, 3.8) is 0 Å². The molecule has 166 valence electrons. The maximum atomic E-state index is 13.2. The van der Waals surface area contributed by atoms with Crippen molar-refractivity contribution in [2.75, 3.05) is 16.7 Å². The van der Waals surface area contributed by atoms with Gasteiger partial charge in [-0.3, -0.25) is 14.3 Å². The summed E-state index contributed by atoms with van der Waals surface area (Å²) in [5, 5.41) is 0. The number of amides is 2. The summed E-state index contributed by atoms with van der Waals surface area (Å²) in [5.74, 6) is -1.24. The van der Waals surface area contributed by atoms with Gasteiger partial charge in [0.25, 0.3) is 10.0 Å². The highest BCUT2D eigenvalue weighted by molar-refractivity contribution is 7.92. The van der Waals surface area contributed by atoms with Crippen molar-refractivity contribution in [1.29, 1.82) is 0 Å². The van der Waals surface area contributed by atoms with Gasteiger partial charge in [0.15, 0.2) is 0 Å². The molecule has 0 aromatic heterocycles. The van der Waals surface area contributed by atoms with E-state index in [-0.39, 0.29) is 16.7 Å². The first-order valence-electron chi connectivity index (χ1n) is 10.1. The number of sulfonamides is 1. The molecular formula is C23H22N2O6S. The number of ether oxygens (including phenoxy) is 2. The number of fused-ring (bicyclic) bond motifs is 5. The van der Waals surface area contributed by atoms with Crippen molar-refractivity contribution in [2.24, 2.45) is 11.8 Å². The second kappa shape index (κ2) is 6.66. The maximum Gasteiger partial charge on any atom is 0.261 e. The van der Waals surface area contributed by atoms with Crippen molar-refractivity contribution in [1.82, 2.24) is 0 Å². The van der Waals surface area contributed by atoms with Crippen LogP contribution >= 0.6 is 0 Å². The van der Waals surface area contributed by atoms with Gasteiger partial charge in [-0.25, -0.2) is 13.3 Å². The molecule has 2 fully saturated rings. The van der Waals surface area contributed by atoms with Crippen LogP contribution in [0.25, 0.3) is 0 Å². The molecule has 4 atom stereocenters. The minimum Gasteiger partial charge on any atom is -0.497 e. The summed E-state index contributed by atoms with van der Waals surface area (Å²) in [6.07, 6.45) is 3.70. The molecule has 3 aliphatic heterocycles. The number of anilines is 2. The molecule has 1 N–H and O–H groups in total. The third-order valence-corrected chi connectivity index (χ3v) is 7.87. The van der Waals surface area contributed by atoms with E-state index in [0.29, 0.717) is 17.1 Å². The number of methoxy groups -OCH3 is 1. The van der Waals surface area contributed by atoms with Crippen molar-refractivity contribution in [2.45, 2.75) is 29.9 Å². The molecule has 2 aromatic carbocycles. The van der Waals surface area contributed by atoms with Gasteiger partial charge >= 0.3 is 0 Å². The van der Waals surface area contributed by atoms with E-state index in [4.69, 9.17) is 9.47 Å². The van der Waals surface area contributed by atoms with Gasteiger partial charge in [-0.1, -0.05) is 12.2 Å². The van der Waals surface area contributed by atoms with Gasteiger partial charge in [0, 0.05) is 5.69 Å². The van der Waals surface area contributed by atoms with E-state index in [0.717, 1.165) is 4.90 Å². The van der Waals surface area contributed by atoms with Crippen molar-refractivity contribution >= 4 is 33.2 Å². The highest BCUT2D eigenvalue weighted by Crippen LogP contribution is 2.57. The molecule has 3 aliphatic rings. The lowest BCUT2D eigenvalue weighted by molar-refractivity contribution is -0.128. The Bertz CT molecular complexity index is 1220. The molecule has 2 aromatic rings. The fourth-order valence-corrected chi connectivity index (χ4v) is 5.99. The van der Waals surface area contributed by atoms with Crippen LogP contribution in [0.1, 0.15) is 13.8 Å². The third-order valence-electron chi connectivity index (χ3n) is 6.47. The minimum atomic E-state index is -3.85. The van der Waals surface area contributed by atoms with Crippen LogP contribution in [0.2, 0.25) is 0 Å². The number of carbonyl (C=O) groups excluding carboxylic acids is 2. The Morgan fingerprint density at radius 1 is 0.906 bits per heavy atom. The van der Waals surface area contributed by atoms with E-state index < -0.39 is 33.1 Å². The molecule has 32 heavy (non-hydrogen) atoms. The van der Waals surface area contributed by atoms with Crippen LogP contribution in [0.15, 0.2) is 65.6 Å². The predicted octanol–water partition coefficient (Wildman–Crippen LogP) is 2.72. The average molecular weight is 455 g/mol. The van der Waals surface area contributed by atoms with E-state index in [1.54, 1.807) is 24.3 Å². The van der Waals surface area contributed by atoms with Crippen molar-refractivity contribution in [3.05, 3.63) is 60.7 Å². The molecular weight excluding hydrogens is 432 g/mol. The molecule has 8 nitrogen and oxygen atoms in total. The summed E-state index contributed by atoms with van der Waals surface area (Å²) >= 11 is 0. The Morgan fingerprint density at radius 3 is 1.94 bits per heavy atom. The maximum absolute atomic E-state index is 13.2. The normalized spacial score (nSPS) is 30.7. The number of rotatable bonds is 5. The monoisotopic (exact) mass is 454 g/mol. The highest BCUT2D eigenvalue weighted by Gasteiger charge is 2.70. The largest absolute Gasteiger partial charge is 0.497 e. The molecule has 0 aliphatic carbocycles. The first kappa shape index (κ1) is 20.7. The van der Waals surface area contributed by atoms with E-state index in [9.17, 15) is 18.0 Å². The standard InChI is InChI=1S/C23H22N2O6S/c1-22-12-13-23(2,31-22)19-18(22)20(26)25(21(19)27)15-6-10-17(11-7-15)32(28,29)24-14-4-8-16(30-3)9-5-14/h4-13,18-19,24H,1-3H3/t18?,19?,22-,23+. The van der Waals surface area contributed by atoms with Crippen LogP contribution in [-0.2, 0) is 24.3 Å². The summed E-state index contributed by atoms with van der Waals surface area (Å²) in [6, 6.07) is 12.2. The van der Waals surface area contributed by atoms with Gasteiger partial charge < -0.3 is 9.47 Å². The van der Waals surface area contributed by atoms with Crippen LogP contribution in [0.3, 0.4) is 0 Å². The van der Waals surface area contributed by atoms with E-state index >= 15 is 0 Å². The number of carbonyl (C=O) groups is 2. The smallest absolute Gasteiger partial charge is 0.261 e. The lowest BCUT2D eigenvalue weighted by Gasteiger charge is -2.25. The molecule has 2 unspecified atom stereocenters. The Hall–Kier alpha value is -3.17. The van der Waals surface area contributed by atoms with Crippen LogP contribution in [-0.4, -0.2) is 38.5 Å². The topological polar surface area (TPSA) is 102 Å². The van der Waals surface area contributed by atoms with Gasteiger partial charge in [-0.2, -0.15) is 0 Å². The molecule has 0 radical (unpaired) electrons. The zero-order chi connectivity index (χ0) is 22.9. The molecule has 2 bridgehead atoms. The van der Waals surface area contributed by atoms with Gasteiger partial charge in [0.05, 0.1) is 40.7 Å². The second-order valence-corrected chi connectivity index (χ2v) is 10.3. The van der Waals surface area contributed by atoms with E-state index in [1.165, 1.54) is 31.4 Å². The lowest BCUT2D eigenvalue weighted by Crippen LogP contribution is -2.39. The van der Waals surface area contributed by atoms with Gasteiger partial charge in [0.1, 0.15) is 5.75 Å². The summed E-state index contributed by atoms with van der Waals surface area (Å²) in [4.78, 5) is 27.5. The Balaban J connectivity index is 1.39. The summed E-state index contributed by atoms with van der Waals surface area (Å²) in [6.45, 7) is 3.63. The predicted molar refractivity (Wildman–Crippen MR) is 117 cm³/mol. The summed E-state index contributed by atoms with van der Waals surface area (Å²) in [5.41, 5.74) is -0.902. The molecule has 5 rings (SSSR count). The van der Waals surface area contributed by atoms with Crippen LogP contribution in [0, 0.1) is 11.8 Å². The SMILES string of the molecule is COc1ccc(NS(=O)(=O)c2ccc(N3C(=O)C4C(C3=O)[C@]3(C)C=C[C@@]4(C)O3)cc2)cc1. The molecule has 3 heterocycles. The Labute approximate surface area is 185 Å². The minimum absolute atomic E-state index is 0.0142. The van der Waals surface area contributed by atoms with Gasteiger partial charge in [-0.05, 0) is 62.4 Å². The van der Waals surface area contributed by atoms with E-state index in [2.05, 4.69) is 4.72 Å². The van der Waals surface area contributed by atoms with Crippen molar-refractivity contribution in [3.8, 4) is 5.75 Å². The molecule has 2 amide bonds. The molecule has 0 spiro atoms. The number of nitrogens with zero attached hydrogens (tertiary/aromatic N) is 1. The fraction of sp³-hybridized carbons (Fsp3) is 0.304. The first-order chi connectivity index (χ1) is 15.1. The number of imide groups is 1. The quantitative estimate of drug-likeness (QED) is 0.551. The van der Waals surface area contributed by atoms with Crippen LogP contribution in [0.5, 0.6) is 5.75 Å². The Kier molecular flexibility index (Phi) is 4.31. The molecule has 2 saturated heterocycles. The number of hydrogen-bond acceptors (Lipinski definition) is 6. The number of nitrogens with one attached hydrogen (secondary N) is 1. The number of hydrogen-bond donors (Lipinski definition) is 1. The lowest BCUT2D eigenvalue weighted by atomic mass is 9.73. The zero-order valence-corrected chi connectivity index (χ0v) is 18.5. The molecule has 9 heteroatoms. The Morgan fingerprint density at radius 2 is 1.44 bits per heavy atom. The zero-order valence-electron chi connectivity index (χ0n) is 17.7.